The van der Waals surface area contributed by atoms with Gasteiger partial charge in [-0.15, -0.1) is 11.3 Å². The third-order valence-corrected chi connectivity index (χ3v) is 3.55. The van der Waals surface area contributed by atoms with Gasteiger partial charge in [-0.05, 0) is 17.0 Å². The Morgan fingerprint density at radius 1 is 1.16 bits per heavy atom. The second kappa shape index (κ2) is 6.15. The van der Waals surface area contributed by atoms with Crippen LogP contribution in [0.2, 0.25) is 0 Å². The van der Waals surface area contributed by atoms with Crippen molar-refractivity contribution in [2.45, 2.75) is 12.5 Å². The lowest BCUT2D eigenvalue weighted by Gasteiger charge is -2.15. The number of hydrogen-bond acceptors (Lipinski definition) is 3. The monoisotopic (exact) mass is 274 g/mol. The Morgan fingerprint density at radius 3 is 2.47 bits per heavy atom. The number of thiophene rings is 1. The van der Waals surface area contributed by atoms with Gasteiger partial charge in [-0.25, -0.2) is 0 Å². The van der Waals surface area contributed by atoms with Crippen molar-refractivity contribution < 1.29 is 9.59 Å². The van der Waals surface area contributed by atoms with E-state index in [-0.39, 0.29) is 5.91 Å². The maximum absolute atomic E-state index is 11.9. The molecule has 5 heteroatoms. The van der Waals surface area contributed by atoms with Gasteiger partial charge in [0.25, 0.3) is 5.91 Å². The van der Waals surface area contributed by atoms with Crippen molar-refractivity contribution >= 4 is 23.2 Å². The normalized spacial score (nSPS) is 11.8. The lowest BCUT2D eigenvalue weighted by Crippen LogP contribution is -2.45. The number of rotatable bonds is 5. The van der Waals surface area contributed by atoms with Crippen LogP contribution in [0.4, 0.5) is 0 Å². The molecule has 2 rings (SSSR count). The maximum atomic E-state index is 11.9. The average Bonchev–Trinajstić information content (AvgIpc) is 2.93. The molecule has 0 saturated carbocycles. The largest absolute Gasteiger partial charge is 0.368 e. The molecular weight excluding hydrogens is 260 g/mol. The van der Waals surface area contributed by atoms with Gasteiger partial charge in [0.05, 0.1) is 4.88 Å². The first-order chi connectivity index (χ1) is 9.16. The maximum Gasteiger partial charge on any atom is 0.262 e. The number of hydrogen-bond donors (Lipinski definition) is 2. The van der Waals surface area contributed by atoms with Crippen molar-refractivity contribution in [3.8, 4) is 0 Å². The summed E-state index contributed by atoms with van der Waals surface area (Å²) in [6.07, 6.45) is 0.396. The van der Waals surface area contributed by atoms with E-state index < -0.39 is 11.9 Å². The zero-order valence-electron chi connectivity index (χ0n) is 10.2. The topological polar surface area (TPSA) is 72.2 Å². The molecule has 0 aliphatic heterocycles. The van der Waals surface area contributed by atoms with Crippen LogP contribution in [-0.2, 0) is 11.2 Å². The molecule has 2 aromatic rings. The number of primary amides is 1. The number of nitrogens with one attached hydrogen (secondary N) is 1. The van der Waals surface area contributed by atoms with E-state index in [1.165, 1.54) is 11.3 Å². The zero-order chi connectivity index (χ0) is 13.7. The molecule has 1 heterocycles. The molecule has 0 radical (unpaired) electrons. The van der Waals surface area contributed by atoms with Crippen molar-refractivity contribution in [2.75, 3.05) is 0 Å². The molecule has 98 valence electrons. The summed E-state index contributed by atoms with van der Waals surface area (Å²) in [6.45, 7) is 0. The van der Waals surface area contributed by atoms with E-state index in [1.807, 2.05) is 35.7 Å². The number of benzene rings is 1. The first kappa shape index (κ1) is 13.3. The van der Waals surface area contributed by atoms with Crippen LogP contribution >= 0.6 is 11.3 Å². The number of carbonyl (C=O) groups is 2. The van der Waals surface area contributed by atoms with Crippen LogP contribution < -0.4 is 11.1 Å². The van der Waals surface area contributed by atoms with Crippen LogP contribution in [0.25, 0.3) is 0 Å². The summed E-state index contributed by atoms with van der Waals surface area (Å²) < 4.78 is 0. The van der Waals surface area contributed by atoms with E-state index >= 15 is 0 Å². The van der Waals surface area contributed by atoms with Crippen molar-refractivity contribution in [1.82, 2.24) is 5.32 Å². The number of amides is 2. The van der Waals surface area contributed by atoms with Crippen LogP contribution in [-0.4, -0.2) is 17.9 Å². The second-order valence-corrected chi connectivity index (χ2v) is 5.04. The number of carbonyl (C=O) groups excluding carboxylic acids is 2. The first-order valence-corrected chi connectivity index (χ1v) is 6.72. The molecule has 1 aromatic carbocycles. The molecule has 1 aromatic heterocycles. The lowest BCUT2D eigenvalue weighted by atomic mass is 10.1. The molecule has 1 atom stereocenters. The van der Waals surface area contributed by atoms with Crippen molar-refractivity contribution in [1.29, 1.82) is 0 Å². The van der Waals surface area contributed by atoms with Gasteiger partial charge in [0, 0.05) is 6.42 Å². The van der Waals surface area contributed by atoms with E-state index in [2.05, 4.69) is 5.32 Å². The Bertz CT molecular complexity index is 552. The van der Waals surface area contributed by atoms with Crippen LogP contribution in [0, 0.1) is 0 Å². The third-order valence-electron chi connectivity index (χ3n) is 2.68. The zero-order valence-corrected chi connectivity index (χ0v) is 11.0. The fourth-order valence-corrected chi connectivity index (χ4v) is 2.34. The molecule has 0 aliphatic rings. The Labute approximate surface area is 115 Å². The van der Waals surface area contributed by atoms with Gasteiger partial charge in [-0.3, -0.25) is 9.59 Å². The minimum absolute atomic E-state index is 0.269. The molecule has 19 heavy (non-hydrogen) atoms. The third kappa shape index (κ3) is 3.66. The average molecular weight is 274 g/mol. The molecule has 2 amide bonds. The van der Waals surface area contributed by atoms with E-state index in [1.54, 1.807) is 12.1 Å². The molecule has 0 spiro atoms. The molecule has 0 saturated heterocycles. The van der Waals surface area contributed by atoms with Gasteiger partial charge in [-0.1, -0.05) is 36.4 Å². The molecule has 1 unspecified atom stereocenters. The van der Waals surface area contributed by atoms with E-state index in [0.717, 1.165) is 5.56 Å². The highest BCUT2D eigenvalue weighted by Gasteiger charge is 2.19. The summed E-state index contributed by atoms with van der Waals surface area (Å²) in [7, 11) is 0. The lowest BCUT2D eigenvalue weighted by molar-refractivity contribution is -0.119. The molecule has 4 nitrogen and oxygen atoms in total. The highest BCUT2D eigenvalue weighted by atomic mass is 32.1. The minimum atomic E-state index is -0.697. The summed E-state index contributed by atoms with van der Waals surface area (Å²) in [6, 6.07) is 12.3. The van der Waals surface area contributed by atoms with E-state index in [9.17, 15) is 9.59 Å². The standard InChI is InChI=1S/C14H14N2O2S/c15-13(17)11(9-10-5-2-1-3-6-10)16-14(18)12-7-4-8-19-12/h1-8,11H,9H2,(H2,15,17)(H,16,18). The molecule has 0 fully saturated rings. The van der Waals surface area contributed by atoms with Crippen molar-refractivity contribution in [3.63, 3.8) is 0 Å². The summed E-state index contributed by atoms with van der Waals surface area (Å²) in [4.78, 5) is 23.9. The summed E-state index contributed by atoms with van der Waals surface area (Å²) in [5, 5.41) is 4.48. The Morgan fingerprint density at radius 2 is 1.89 bits per heavy atom. The van der Waals surface area contributed by atoms with Crippen LogP contribution in [0.1, 0.15) is 15.2 Å². The van der Waals surface area contributed by atoms with E-state index in [4.69, 9.17) is 5.73 Å². The van der Waals surface area contributed by atoms with Crippen molar-refractivity contribution in [2.24, 2.45) is 5.73 Å². The quantitative estimate of drug-likeness (QED) is 0.868. The summed E-state index contributed by atoms with van der Waals surface area (Å²) >= 11 is 1.33. The van der Waals surface area contributed by atoms with Gasteiger partial charge in [0.1, 0.15) is 6.04 Å². The smallest absolute Gasteiger partial charge is 0.262 e. The van der Waals surface area contributed by atoms with Crippen LogP contribution in [0.3, 0.4) is 0 Å². The Hall–Kier alpha value is -2.14. The Balaban J connectivity index is 2.05. The molecule has 0 aliphatic carbocycles. The Kier molecular flexibility index (Phi) is 4.30. The second-order valence-electron chi connectivity index (χ2n) is 4.10. The van der Waals surface area contributed by atoms with Crippen LogP contribution in [0.5, 0.6) is 0 Å². The van der Waals surface area contributed by atoms with Crippen LogP contribution in [0.15, 0.2) is 47.8 Å². The fraction of sp³-hybridized carbons (Fsp3) is 0.143. The molecular formula is C14H14N2O2S. The molecule has 0 bridgehead atoms. The van der Waals surface area contributed by atoms with Gasteiger partial charge in [0.2, 0.25) is 5.91 Å². The first-order valence-electron chi connectivity index (χ1n) is 5.84. The van der Waals surface area contributed by atoms with Crippen molar-refractivity contribution in [3.05, 3.63) is 58.3 Å². The predicted molar refractivity (Wildman–Crippen MR) is 74.9 cm³/mol. The van der Waals surface area contributed by atoms with Gasteiger partial charge in [0.15, 0.2) is 0 Å². The SMILES string of the molecule is NC(=O)C(Cc1ccccc1)NC(=O)c1cccs1. The number of nitrogens with two attached hydrogens (primary N) is 1. The highest BCUT2D eigenvalue weighted by Crippen LogP contribution is 2.09. The minimum Gasteiger partial charge on any atom is -0.368 e. The van der Waals surface area contributed by atoms with Gasteiger partial charge < -0.3 is 11.1 Å². The van der Waals surface area contributed by atoms with Gasteiger partial charge >= 0.3 is 0 Å². The highest BCUT2D eigenvalue weighted by molar-refractivity contribution is 7.12. The fourth-order valence-electron chi connectivity index (χ4n) is 1.71. The summed E-state index contributed by atoms with van der Waals surface area (Å²) in [5.74, 6) is -0.802. The summed E-state index contributed by atoms with van der Waals surface area (Å²) in [5.41, 5.74) is 6.29. The predicted octanol–water partition coefficient (Wildman–Crippen LogP) is 1.57. The van der Waals surface area contributed by atoms with Gasteiger partial charge in [-0.2, -0.15) is 0 Å². The molecule has 3 N–H and O–H groups in total. The van der Waals surface area contributed by atoms with E-state index in [0.29, 0.717) is 11.3 Å².